The van der Waals surface area contributed by atoms with Gasteiger partial charge in [0.05, 0.1) is 0 Å². The number of hydrogen-bond donors (Lipinski definition) is 1. The molecule has 0 unspecified atom stereocenters. The molecule has 0 amide bonds. The summed E-state index contributed by atoms with van der Waals surface area (Å²) in [6.07, 6.45) is 6.73. The van der Waals surface area contributed by atoms with Crippen molar-refractivity contribution >= 4 is 0 Å². The number of nitrogens with one attached hydrogen (secondary N) is 1. The van der Waals surface area contributed by atoms with Gasteiger partial charge in [-0.25, -0.2) is 0 Å². The monoisotopic (exact) mass is 127 g/mol. The SMILES string of the molecule is C[CH]CCNCC[CH]C. The van der Waals surface area contributed by atoms with Gasteiger partial charge in [0.15, 0.2) is 0 Å². The van der Waals surface area contributed by atoms with Gasteiger partial charge in [-0.05, 0) is 38.8 Å². The first-order valence-electron chi connectivity index (χ1n) is 3.68. The van der Waals surface area contributed by atoms with E-state index >= 15 is 0 Å². The summed E-state index contributed by atoms with van der Waals surface area (Å²) < 4.78 is 0. The van der Waals surface area contributed by atoms with Gasteiger partial charge in [0.2, 0.25) is 0 Å². The van der Waals surface area contributed by atoms with Crippen molar-refractivity contribution in [2.24, 2.45) is 0 Å². The minimum atomic E-state index is 1.13. The molecule has 0 aliphatic rings. The Balaban J connectivity index is 2.60. The Morgan fingerprint density at radius 1 is 1.00 bits per heavy atom. The highest BCUT2D eigenvalue weighted by molar-refractivity contribution is 4.61. The van der Waals surface area contributed by atoms with E-state index in [0.29, 0.717) is 0 Å². The number of unbranched alkanes of at least 4 members (excludes halogenated alkanes) is 2. The van der Waals surface area contributed by atoms with Crippen molar-refractivity contribution in [1.82, 2.24) is 5.32 Å². The van der Waals surface area contributed by atoms with Crippen molar-refractivity contribution in [3.8, 4) is 0 Å². The Labute approximate surface area is 58.8 Å². The Bertz CT molecular complexity index is 37.8. The van der Waals surface area contributed by atoms with Crippen LogP contribution in [0.3, 0.4) is 0 Å². The average molecular weight is 127 g/mol. The van der Waals surface area contributed by atoms with Gasteiger partial charge in [0.1, 0.15) is 0 Å². The van der Waals surface area contributed by atoms with Crippen molar-refractivity contribution in [3.63, 3.8) is 0 Å². The van der Waals surface area contributed by atoms with Gasteiger partial charge < -0.3 is 5.32 Å². The molecule has 0 bridgehead atoms. The van der Waals surface area contributed by atoms with Crippen molar-refractivity contribution in [3.05, 3.63) is 12.8 Å². The van der Waals surface area contributed by atoms with Gasteiger partial charge in [-0.1, -0.05) is 13.8 Å². The third kappa shape index (κ3) is 7.96. The van der Waals surface area contributed by atoms with Crippen LogP contribution < -0.4 is 5.32 Å². The second-order valence-corrected chi connectivity index (χ2v) is 2.14. The Morgan fingerprint density at radius 2 is 1.44 bits per heavy atom. The van der Waals surface area contributed by atoms with Crippen molar-refractivity contribution in [1.29, 1.82) is 0 Å². The van der Waals surface area contributed by atoms with Crippen LogP contribution in [0.5, 0.6) is 0 Å². The van der Waals surface area contributed by atoms with Gasteiger partial charge in [-0.15, -0.1) is 0 Å². The van der Waals surface area contributed by atoms with Crippen LogP contribution in [0, 0.1) is 12.8 Å². The first-order chi connectivity index (χ1) is 4.41. The standard InChI is InChI=1S/C8H17N/c1-3-5-7-9-8-6-4-2/h3-4,9H,5-8H2,1-2H3. The second-order valence-electron chi connectivity index (χ2n) is 2.14. The molecule has 9 heavy (non-hydrogen) atoms. The van der Waals surface area contributed by atoms with E-state index in [1.54, 1.807) is 0 Å². The average Bonchev–Trinajstić information content (AvgIpc) is 1.89. The normalized spacial score (nSPS) is 10.0. The third-order valence-corrected chi connectivity index (χ3v) is 1.22. The largest absolute Gasteiger partial charge is 0.317 e. The summed E-state index contributed by atoms with van der Waals surface area (Å²) in [6.45, 7) is 6.44. The fraction of sp³-hybridized carbons (Fsp3) is 0.750. The molecule has 0 rings (SSSR count). The predicted molar refractivity (Wildman–Crippen MR) is 42.1 cm³/mol. The molecule has 1 nitrogen and oxygen atoms in total. The van der Waals surface area contributed by atoms with Crippen molar-refractivity contribution < 1.29 is 0 Å². The quantitative estimate of drug-likeness (QED) is 0.536. The zero-order valence-corrected chi connectivity index (χ0v) is 6.48. The highest BCUT2D eigenvalue weighted by Gasteiger charge is 1.83. The topological polar surface area (TPSA) is 12.0 Å². The summed E-state index contributed by atoms with van der Waals surface area (Å²) in [7, 11) is 0. The minimum absolute atomic E-state index is 1.13. The molecule has 0 heterocycles. The fourth-order valence-electron chi connectivity index (χ4n) is 0.618. The lowest BCUT2D eigenvalue weighted by atomic mass is 10.3. The van der Waals surface area contributed by atoms with E-state index in [0.717, 1.165) is 13.1 Å². The van der Waals surface area contributed by atoms with Crippen LogP contribution in [0.2, 0.25) is 0 Å². The first kappa shape index (κ1) is 8.96. The van der Waals surface area contributed by atoms with E-state index in [4.69, 9.17) is 0 Å². The number of hydrogen-bond acceptors (Lipinski definition) is 1. The zero-order valence-electron chi connectivity index (χ0n) is 6.48. The minimum Gasteiger partial charge on any atom is -0.317 e. The Kier molecular flexibility index (Phi) is 7.92. The second kappa shape index (κ2) is 7.96. The van der Waals surface area contributed by atoms with Crippen LogP contribution >= 0.6 is 0 Å². The van der Waals surface area contributed by atoms with Gasteiger partial charge in [-0.2, -0.15) is 0 Å². The molecule has 0 aliphatic carbocycles. The molecule has 1 heteroatoms. The molecule has 1 N–H and O–H groups in total. The van der Waals surface area contributed by atoms with Crippen LogP contribution in [0.1, 0.15) is 26.7 Å². The summed E-state index contributed by atoms with van der Waals surface area (Å²) >= 11 is 0. The van der Waals surface area contributed by atoms with Crippen molar-refractivity contribution in [2.75, 3.05) is 13.1 Å². The van der Waals surface area contributed by atoms with Crippen LogP contribution in [0.25, 0.3) is 0 Å². The highest BCUT2D eigenvalue weighted by Crippen LogP contribution is 1.83. The highest BCUT2D eigenvalue weighted by atomic mass is 14.8. The summed E-state index contributed by atoms with van der Waals surface area (Å²) in [5.41, 5.74) is 0. The van der Waals surface area contributed by atoms with E-state index < -0.39 is 0 Å². The van der Waals surface area contributed by atoms with Crippen LogP contribution in [0.4, 0.5) is 0 Å². The molecule has 0 aliphatic heterocycles. The van der Waals surface area contributed by atoms with Gasteiger partial charge in [-0.3, -0.25) is 0 Å². The Hall–Kier alpha value is -0.0400. The first-order valence-corrected chi connectivity index (χ1v) is 3.68. The molecule has 0 spiro atoms. The summed E-state index contributed by atoms with van der Waals surface area (Å²) in [4.78, 5) is 0. The molecule has 0 saturated heterocycles. The van der Waals surface area contributed by atoms with E-state index in [2.05, 4.69) is 32.0 Å². The summed E-state index contributed by atoms with van der Waals surface area (Å²) in [5, 5.41) is 3.32. The molecule has 0 aromatic carbocycles. The molecular formula is C8H17N. The maximum absolute atomic E-state index is 3.32. The van der Waals surface area contributed by atoms with Crippen LogP contribution in [-0.2, 0) is 0 Å². The number of rotatable bonds is 6. The lowest BCUT2D eigenvalue weighted by Crippen LogP contribution is -2.16. The van der Waals surface area contributed by atoms with Crippen LogP contribution in [0.15, 0.2) is 0 Å². The fourth-order valence-corrected chi connectivity index (χ4v) is 0.618. The summed E-state index contributed by atoms with van der Waals surface area (Å²) in [5.74, 6) is 0. The molecule has 0 saturated carbocycles. The van der Waals surface area contributed by atoms with E-state index in [9.17, 15) is 0 Å². The molecule has 2 radical (unpaired) electrons. The zero-order chi connectivity index (χ0) is 6.95. The third-order valence-electron chi connectivity index (χ3n) is 1.22. The maximum Gasteiger partial charge on any atom is -0.00463 e. The lowest BCUT2D eigenvalue weighted by Gasteiger charge is -1.99. The maximum atomic E-state index is 3.32. The van der Waals surface area contributed by atoms with Crippen LogP contribution in [-0.4, -0.2) is 13.1 Å². The molecule has 0 atom stereocenters. The smallest absolute Gasteiger partial charge is 0.00463 e. The van der Waals surface area contributed by atoms with Gasteiger partial charge >= 0.3 is 0 Å². The van der Waals surface area contributed by atoms with Crippen molar-refractivity contribution in [2.45, 2.75) is 26.7 Å². The lowest BCUT2D eigenvalue weighted by molar-refractivity contribution is 0.673. The van der Waals surface area contributed by atoms with E-state index in [-0.39, 0.29) is 0 Å². The molecule has 54 valence electrons. The molecule has 0 aromatic heterocycles. The van der Waals surface area contributed by atoms with E-state index in [1.807, 2.05) is 0 Å². The molecule has 0 fully saturated rings. The molecule has 0 aromatic rings. The van der Waals surface area contributed by atoms with Gasteiger partial charge in [0, 0.05) is 0 Å². The van der Waals surface area contributed by atoms with Gasteiger partial charge in [0.25, 0.3) is 0 Å². The Morgan fingerprint density at radius 3 is 1.78 bits per heavy atom. The molecular weight excluding hydrogens is 110 g/mol. The predicted octanol–water partition coefficient (Wildman–Crippen LogP) is 1.80. The summed E-state index contributed by atoms with van der Waals surface area (Å²) in [6, 6.07) is 0. The van der Waals surface area contributed by atoms with E-state index in [1.165, 1.54) is 12.8 Å².